The lowest BCUT2D eigenvalue weighted by Crippen LogP contribution is -2.46. The lowest BCUT2D eigenvalue weighted by molar-refractivity contribution is -0.137. The fraction of sp³-hybridized carbons (Fsp3) is 0.538. The highest BCUT2D eigenvalue weighted by atomic mass is 19.4. The van der Waals surface area contributed by atoms with Crippen LogP contribution in [0.1, 0.15) is 26.3 Å². The quantitative estimate of drug-likeness (QED) is 0.825. The molecule has 2 nitrogen and oxygen atoms in total. The minimum Gasteiger partial charge on any atom is -0.381 e. The molecule has 18 heavy (non-hydrogen) atoms. The number of anilines is 2. The molecule has 5 heteroatoms. The zero-order valence-electron chi connectivity index (χ0n) is 10.7. The van der Waals surface area contributed by atoms with E-state index in [-0.39, 0.29) is 12.1 Å². The van der Waals surface area contributed by atoms with Gasteiger partial charge in [-0.3, -0.25) is 0 Å². The molecule has 1 N–H and O–H groups in total. The van der Waals surface area contributed by atoms with E-state index in [1.807, 2.05) is 13.8 Å². The van der Waals surface area contributed by atoms with Gasteiger partial charge in [0.05, 0.1) is 16.9 Å². The number of halogens is 3. The normalized spacial score (nSPS) is 19.7. The standard InChI is InChI=1S/C13H17F3N2/c1-8(2)18-9(3)7-17-11-6-10(13(14,15)16)4-5-12(11)18/h4-6,8-9,17H,7H2,1-3H3. The first-order chi connectivity index (χ1) is 8.30. The molecule has 1 atom stereocenters. The van der Waals surface area contributed by atoms with Gasteiger partial charge in [-0.25, -0.2) is 0 Å². The van der Waals surface area contributed by atoms with Crippen molar-refractivity contribution >= 4 is 11.4 Å². The molecular weight excluding hydrogens is 241 g/mol. The van der Waals surface area contributed by atoms with Gasteiger partial charge < -0.3 is 10.2 Å². The summed E-state index contributed by atoms with van der Waals surface area (Å²) in [5.74, 6) is 0. The zero-order valence-corrected chi connectivity index (χ0v) is 10.7. The van der Waals surface area contributed by atoms with E-state index in [4.69, 9.17) is 0 Å². The van der Waals surface area contributed by atoms with Gasteiger partial charge in [0, 0.05) is 18.6 Å². The molecule has 0 aromatic heterocycles. The first-order valence-corrected chi connectivity index (χ1v) is 6.04. The van der Waals surface area contributed by atoms with Gasteiger partial charge in [-0.05, 0) is 39.0 Å². The number of nitrogens with zero attached hydrogens (tertiary/aromatic N) is 1. The van der Waals surface area contributed by atoms with Gasteiger partial charge in [-0.2, -0.15) is 13.2 Å². The van der Waals surface area contributed by atoms with Crippen molar-refractivity contribution in [2.45, 2.75) is 39.0 Å². The van der Waals surface area contributed by atoms with E-state index >= 15 is 0 Å². The first kappa shape index (κ1) is 13.1. The molecule has 100 valence electrons. The molecule has 0 aliphatic carbocycles. The molecule has 0 saturated heterocycles. The van der Waals surface area contributed by atoms with Crippen molar-refractivity contribution in [1.82, 2.24) is 0 Å². The average molecular weight is 258 g/mol. The van der Waals surface area contributed by atoms with Crippen molar-refractivity contribution in [3.05, 3.63) is 23.8 Å². The second kappa shape index (κ2) is 4.37. The molecule has 0 saturated carbocycles. The fourth-order valence-electron chi connectivity index (χ4n) is 2.46. The molecule has 2 rings (SSSR count). The molecule has 1 unspecified atom stereocenters. The van der Waals surface area contributed by atoms with Crippen LogP contribution in [0, 0.1) is 0 Å². The third-order valence-electron chi connectivity index (χ3n) is 3.22. The monoisotopic (exact) mass is 258 g/mol. The Morgan fingerprint density at radius 3 is 2.56 bits per heavy atom. The van der Waals surface area contributed by atoms with E-state index in [1.165, 1.54) is 6.07 Å². The van der Waals surface area contributed by atoms with Crippen LogP contribution < -0.4 is 10.2 Å². The lowest BCUT2D eigenvalue weighted by Gasteiger charge is -2.40. The molecule has 0 bridgehead atoms. The number of nitrogens with one attached hydrogen (secondary N) is 1. The summed E-state index contributed by atoms with van der Waals surface area (Å²) in [5.41, 5.74) is 0.806. The number of fused-ring (bicyclic) bond motifs is 1. The van der Waals surface area contributed by atoms with Crippen LogP contribution in [0.2, 0.25) is 0 Å². The zero-order chi connectivity index (χ0) is 13.5. The van der Waals surface area contributed by atoms with Crippen molar-refractivity contribution < 1.29 is 13.2 Å². The Morgan fingerprint density at radius 1 is 1.33 bits per heavy atom. The van der Waals surface area contributed by atoms with Crippen LogP contribution in [0.15, 0.2) is 18.2 Å². The smallest absolute Gasteiger partial charge is 0.381 e. The predicted molar refractivity (Wildman–Crippen MR) is 67.0 cm³/mol. The van der Waals surface area contributed by atoms with Crippen LogP contribution in [-0.2, 0) is 6.18 Å². The first-order valence-electron chi connectivity index (χ1n) is 6.04. The highest BCUT2D eigenvalue weighted by molar-refractivity contribution is 5.74. The fourth-order valence-corrected chi connectivity index (χ4v) is 2.46. The van der Waals surface area contributed by atoms with E-state index in [0.717, 1.165) is 11.8 Å². The maximum atomic E-state index is 12.6. The van der Waals surface area contributed by atoms with Crippen LogP contribution in [-0.4, -0.2) is 18.6 Å². The van der Waals surface area contributed by atoms with Crippen molar-refractivity contribution in [3.63, 3.8) is 0 Å². The maximum Gasteiger partial charge on any atom is 0.416 e. The van der Waals surface area contributed by atoms with Gasteiger partial charge in [0.1, 0.15) is 0 Å². The number of hydrogen-bond acceptors (Lipinski definition) is 2. The topological polar surface area (TPSA) is 15.3 Å². The molecular formula is C13H17F3N2. The van der Waals surface area contributed by atoms with E-state index < -0.39 is 11.7 Å². The summed E-state index contributed by atoms with van der Waals surface area (Å²) in [4.78, 5) is 2.14. The Morgan fingerprint density at radius 2 is 2.00 bits per heavy atom. The lowest BCUT2D eigenvalue weighted by atomic mass is 10.0. The van der Waals surface area contributed by atoms with Gasteiger partial charge in [0.15, 0.2) is 0 Å². The van der Waals surface area contributed by atoms with Crippen LogP contribution >= 0.6 is 0 Å². The summed E-state index contributed by atoms with van der Waals surface area (Å²) in [6, 6.07) is 4.43. The second-order valence-electron chi connectivity index (χ2n) is 4.96. The number of hydrogen-bond donors (Lipinski definition) is 1. The Kier molecular flexibility index (Phi) is 3.17. The van der Waals surface area contributed by atoms with Crippen molar-refractivity contribution in [3.8, 4) is 0 Å². The average Bonchev–Trinajstić information content (AvgIpc) is 2.26. The van der Waals surface area contributed by atoms with E-state index in [2.05, 4.69) is 17.1 Å². The molecule has 1 heterocycles. The summed E-state index contributed by atoms with van der Waals surface area (Å²) in [6.07, 6.45) is -4.29. The van der Waals surface area contributed by atoms with Crippen LogP contribution in [0.5, 0.6) is 0 Å². The van der Waals surface area contributed by atoms with E-state index in [1.54, 1.807) is 6.07 Å². The van der Waals surface area contributed by atoms with Gasteiger partial charge >= 0.3 is 6.18 Å². The summed E-state index contributed by atoms with van der Waals surface area (Å²) in [6.45, 7) is 6.81. The highest BCUT2D eigenvalue weighted by Gasteiger charge is 2.33. The largest absolute Gasteiger partial charge is 0.416 e. The van der Waals surface area contributed by atoms with Gasteiger partial charge in [-0.15, -0.1) is 0 Å². The maximum absolute atomic E-state index is 12.6. The molecule has 0 spiro atoms. The predicted octanol–water partition coefficient (Wildman–Crippen LogP) is 3.73. The number of rotatable bonds is 1. The molecule has 1 aliphatic rings. The number of alkyl halides is 3. The van der Waals surface area contributed by atoms with Crippen LogP contribution in [0.4, 0.5) is 24.5 Å². The van der Waals surface area contributed by atoms with Crippen molar-refractivity contribution in [1.29, 1.82) is 0 Å². The van der Waals surface area contributed by atoms with Gasteiger partial charge in [-0.1, -0.05) is 0 Å². The third kappa shape index (κ3) is 2.26. The second-order valence-corrected chi connectivity index (χ2v) is 4.96. The third-order valence-corrected chi connectivity index (χ3v) is 3.22. The Balaban J connectivity index is 2.44. The SMILES string of the molecule is CC(C)N1c2ccc(C(F)(F)F)cc2NCC1C. The van der Waals surface area contributed by atoms with Crippen LogP contribution in [0.3, 0.4) is 0 Å². The molecule has 0 amide bonds. The van der Waals surface area contributed by atoms with Gasteiger partial charge in [0.25, 0.3) is 0 Å². The Bertz CT molecular complexity index is 440. The van der Waals surface area contributed by atoms with E-state index in [9.17, 15) is 13.2 Å². The molecule has 0 fully saturated rings. The highest BCUT2D eigenvalue weighted by Crippen LogP contribution is 2.38. The molecule has 1 aromatic rings. The van der Waals surface area contributed by atoms with Gasteiger partial charge in [0.2, 0.25) is 0 Å². The Hall–Kier alpha value is -1.39. The summed E-state index contributed by atoms with van der Waals surface area (Å²) < 4.78 is 37.9. The summed E-state index contributed by atoms with van der Waals surface area (Å²) in [5, 5.41) is 3.07. The summed E-state index contributed by atoms with van der Waals surface area (Å²) in [7, 11) is 0. The van der Waals surface area contributed by atoms with E-state index in [0.29, 0.717) is 12.2 Å². The summed E-state index contributed by atoms with van der Waals surface area (Å²) >= 11 is 0. The van der Waals surface area contributed by atoms with Crippen LogP contribution in [0.25, 0.3) is 0 Å². The Labute approximate surface area is 105 Å². The minimum atomic E-state index is -4.29. The minimum absolute atomic E-state index is 0.262. The molecule has 1 aliphatic heterocycles. The molecule has 0 radical (unpaired) electrons. The van der Waals surface area contributed by atoms with Crippen molar-refractivity contribution in [2.75, 3.05) is 16.8 Å². The molecule has 1 aromatic carbocycles. The van der Waals surface area contributed by atoms with Crippen molar-refractivity contribution in [2.24, 2.45) is 0 Å². The number of benzene rings is 1.